The van der Waals surface area contributed by atoms with Crippen molar-refractivity contribution in [3.63, 3.8) is 0 Å². The zero-order valence-corrected chi connectivity index (χ0v) is 9.80. The molecule has 0 aliphatic rings. The van der Waals surface area contributed by atoms with E-state index in [4.69, 9.17) is 11.5 Å². The van der Waals surface area contributed by atoms with Crippen LogP contribution in [0.2, 0.25) is 0 Å². The second-order valence-corrected chi connectivity index (χ2v) is 4.25. The molecular weight excluding hydrogens is 172 g/mol. The highest BCUT2D eigenvalue weighted by Crippen LogP contribution is 2.09. The van der Waals surface area contributed by atoms with Crippen LogP contribution in [-0.2, 0) is 0 Å². The first-order chi connectivity index (χ1) is 6.81. The minimum Gasteiger partial charge on any atom is -0.330 e. The molecule has 0 spiro atoms. The van der Waals surface area contributed by atoms with E-state index in [0.29, 0.717) is 6.04 Å². The normalized spacial score (nSPS) is 13.1. The third-order valence-electron chi connectivity index (χ3n) is 2.71. The summed E-state index contributed by atoms with van der Waals surface area (Å²) in [5.41, 5.74) is 11.4. The van der Waals surface area contributed by atoms with Gasteiger partial charge < -0.3 is 11.5 Å². The molecule has 2 nitrogen and oxygen atoms in total. The van der Waals surface area contributed by atoms with Crippen molar-refractivity contribution in [2.75, 3.05) is 6.54 Å². The summed E-state index contributed by atoms with van der Waals surface area (Å²) >= 11 is 0. The van der Waals surface area contributed by atoms with Crippen molar-refractivity contribution in [1.82, 2.24) is 0 Å². The van der Waals surface area contributed by atoms with Crippen LogP contribution < -0.4 is 11.5 Å². The summed E-state index contributed by atoms with van der Waals surface area (Å²) in [6, 6.07) is 0.393. The minimum absolute atomic E-state index is 0.393. The number of rotatable bonds is 10. The Morgan fingerprint density at radius 2 is 1.43 bits per heavy atom. The molecule has 1 atom stereocenters. The van der Waals surface area contributed by atoms with Crippen LogP contribution in [-0.4, -0.2) is 12.6 Å². The van der Waals surface area contributed by atoms with E-state index in [2.05, 4.69) is 6.92 Å². The van der Waals surface area contributed by atoms with E-state index in [1.807, 2.05) is 0 Å². The van der Waals surface area contributed by atoms with Gasteiger partial charge in [-0.1, -0.05) is 45.4 Å². The number of unbranched alkanes of at least 4 members (excludes halogenated alkanes) is 5. The molecule has 0 heterocycles. The molecule has 1 unspecified atom stereocenters. The molecule has 0 fully saturated rings. The maximum absolute atomic E-state index is 5.95. The van der Waals surface area contributed by atoms with Crippen LogP contribution in [0, 0.1) is 0 Å². The van der Waals surface area contributed by atoms with Crippen LogP contribution in [0.1, 0.15) is 64.7 Å². The van der Waals surface area contributed by atoms with Gasteiger partial charge in [-0.2, -0.15) is 0 Å². The molecule has 4 N–H and O–H groups in total. The van der Waals surface area contributed by atoms with Crippen molar-refractivity contribution in [3.05, 3.63) is 0 Å². The lowest BCUT2D eigenvalue weighted by atomic mass is 10.0. The van der Waals surface area contributed by atoms with Crippen LogP contribution >= 0.6 is 0 Å². The molecule has 0 aliphatic heterocycles. The molecule has 0 aliphatic carbocycles. The summed E-state index contributed by atoms with van der Waals surface area (Å²) in [7, 11) is 0. The fourth-order valence-corrected chi connectivity index (χ4v) is 1.71. The SMILES string of the molecule is CCCCCCCCC(N)CCCN. The molecule has 0 rings (SSSR count). The van der Waals surface area contributed by atoms with Crippen LogP contribution in [0.5, 0.6) is 0 Å². The molecule has 0 amide bonds. The topological polar surface area (TPSA) is 52.0 Å². The van der Waals surface area contributed by atoms with Crippen molar-refractivity contribution >= 4 is 0 Å². The fraction of sp³-hybridized carbons (Fsp3) is 1.00. The maximum Gasteiger partial charge on any atom is 0.00392 e. The van der Waals surface area contributed by atoms with Gasteiger partial charge >= 0.3 is 0 Å². The predicted molar refractivity (Wildman–Crippen MR) is 64.3 cm³/mol. The average Bonchev–Trinajstić information content (AvgIpc) is 2.20. The van der Waals surface area contributed by atoms with E-state index in [0.717, 1.165) is 19.4 Å². The highest BCUT2D eigenvalue weighted by Gasteiger charge is 2.00. The molecule has 0 saturated carbocycles. The van der Waals surface area contributed by atoms with E-state index >= 15 is 0 Å². The van der Waals surface area contributed by atoms with E-state index in [-0.39, 0.29) is 0 Å². The van der Waals surface area contributed by atoms with Gasteiger partial charge in [0.2, 0.25) is 0 Å². The van der Waals surface area contributed by atoms with E-state index in [1.54, 1.807) is 0 Å². The molecule has 0 aromatic heterocycles. The van der Waals surface area contributed by atoms with Gasteiger partial charge in [0.1, 0.15) is 0 Å². The van der Waals surface area contributed by atoms with Gasteiger partial charge in [-0.25, -0.2) is 0 Å². The van der Waals surface area contributed by atoms with E-state index in [1.165, 1.54) is 44.9 Å². The largest absolute Gasteiger partial charge is 0.330 e. The lowest BCUT2D eigenvalue weighted by Crippen LogP contribution is -2.20. The lowest BCUT2D eigenvalue weighted by molar-refractivity contribution is 0.503. The van der Waals surface area contributed by atoms with Gasteiger partial charge in [0.15, 0.2) is 0 Å². The Morgan fingerprint density at radius 1 is 0.857 bits per heavy atom. The molecule has 0 saturated heterocycles. The van der Waals surface area contributed by atoms with Crippen LogP contribution in [0.4, 0.5) is 0 Å². The van der Waals surface area contributed by atoms with Gasteiger partial charge in [-0.05, 0) is 25.8 Å². The summed E-state index contributed by atoms with van der Waals surface area (Å²) in [4.78, 5) is 0. The number of nitrogens with two attached hydrogens (primary N) is 2. The van der Waals surface area contributed by atoms with Crippen LogP contribution in [0.3, 0.4) is 0 Å². The van der Waals surface area contributed by atoms with Crippen molar-refractivity contribution in [2.45, 2.75) is 70.8 Å². The smallest absolute Gasteiger partial charge is 0.00392 e. The zero-order chi connectivity index (χ0) is 10.6. The summed E-state index contributed by atoms with van der Waals surface area (Å²) in [5.74, 6) is 0. The van der Waals surface area contributed by atoms with Crippen LogP contribution in [0.25, 0.3) is 0 Å². The standard InChI is InChI=1S/C12H28N2/c1-2-3-4-5-6-7-9-12(14)10-8-11-13/h12H,2-11,13-14H2,1H3. The molecule has 0 radical (unpaired) electrons. The molecule has 0 aromatic carbocycles. The summed E-state index contributed by atoms with van der Waals surface area (Å²) < 4.78 is 0. The summed E-state index contributed by atoms with van der Waals surface area (Å²) in [5, 5.41) is 0. The maximum atomic E-state index is 5.95. The van der Waals surface area contributed by atoms with Crippen molar-refractivity contribution < 1.29 is 0 Å². The van der Waals surface area contributed by atoms with Gasteiger partial charge in [-0.3, -0.25) is 0 Å². The van der Waals surface area contributed by atoms with Gasteiger partial charge in [0.25, 0.3) is 0 Å². The second-order valence-electron chi connectivity index (χ2n) is 4.25. The van der Waals surface area contributed by atoms with Crippen molar-refractivity contribution in [2.24, 2.45) is 11.5 Å². The molecule has 0 aromatic rings. The molecule has 14 heavy (non-hydrogen) atoms. The highest BCUT2D eigenvalue weighted by atomic mass is 14.6. The van der Waals surface area contributed by atoms with Gasteiger partial charge in [0.05, 0.1) is 0 Å². The summed E-state index contributed by atoms with van der Waals surface area (Å²) in [6.07, 6.45) is 11.5. The Kier molecular flexibility index (Phi) is 10.9. The van der Waals surface area contributed by atoms with Crippen molar-refractivity contribution in [3.8, 4) is 0 Å². The quantitative estimate of drug-likeness (QED) is 0.533. The third kappa shape index (κ3) is 10.0. The molecule has 0 bridgehead atoms. The predicted octanol–water partition coefficient (Wildman–Crippen LogP) is 2.80. The Bertz CT molecular complexity index is 104. The molecule has 86 valence electrons. The highest BCUT2D eigenvalue weighted by molar-refractivity contribution is 4.61. The van der Waals surface area contributed by atoms with Crippen molar-refractivity contribution in [1.29, 1.82) is 0 Å². The van der Waals surface area contributed by atoms with Gasteiger partial charge in [-0.15, -0.1) is 0 Å². The Labute approximate surface area is 89.4 Å². The number of hydrogen-bond acceptors (Lipinski definition) is 2. The first kappa shape index (κ1) is 13.9. The first-order valence-corrected chi connectivity index (χ1v) is 6.27. The monoisotopic (exact) mass is 200 g/mol. The first-order valence-electron chi connectivity index (χ1n) is 6.27. The van der Waals surface area contributed by atoms with Crippen LogP contribution in [0.15, 0.2) is 0 Å². The Morgan fingerprint density at radius 3 is 2.07 bits per heavy atom. The van der Waals surface area contributed by atoms with Gasteiger partial charge in [0, 0.05) is 6.04 Å². The molecule has 2 heteroatoms. The molecular formula is C12H28N2. The van der Waals surface area contributed by atoms with E-state index in [9.17, 15) is 0 Å². The fourth-order valence-electron chi connectivity index (χ4n) is 1.71. The second kappa shape index (κ2) is 11.0. The summed E-state index contributed by atoms with van der Waals surface area (Å²) in [6.45, 7) is 3.03. The zero-order valence-electron chi connectivity index (χ0n) is 9.80. The Hall–Kier alpha value is -0.0800. The average molecular weight is 200 g/mol. The number of hydrogen-bond donors (Lipinski definition) is 2. The Balaban J connectivity index is 3.02. The van der Waals surface area contributed by atoms with E-state index < -0.39 is 0 Å². The third-order valence-corrected chi connectivity index (χ3v) is 2.71. The lowest BCUT2D eigenvalue weighted by Gasteiger charge is -2.10. The minimum atomic E-state index is 0.393.